The number of carbonyl (C=O) groups is 1. The van der Waals surface area contributed by atoms with E-state index in [-0.39, 0.29) is 29.4 Å². The highest BCUT2D eigenvalue weighted by molar-refractivity contribution is 7.91. The highest BCUT2D eigenvalue weighted by atomic mass is 32.2. The molecule has 1 saturated heterocycles. The van der Waals surface area contributed by atoms with E-state index >= 15 is 0 Å². The highest BCUT2D eigenvalue weighted by Crippen LogP contribution is 2.24. The summed E-state index contributed by atoms with van der Waals surface area (Å²) in [7, 11) is -2.96. The van der Waals surface area contributed by atoms with E-state index in [2.05, 4.69) is 10.4 Å². The van der Waals surface area contributed by atoms with Crippen LogP contribution in [0.5, 0.6) is 0 Å². The second-order valence-electron chi connectivity index (χ2n) is 7.04. The summed E-state index contributed by atoms with van der Waals surface area (Å²) < 4.78 is 24.9. The first-order chi connectivity index (χ1) is 12.3. The molecule has 2 aromatic rings. The van der Waals surface area contributed by atoms with Gasteiger partial charge in [0, 0.05) is 17.2 Å². The smallest absolute Gasteiger partial charge is 0.223 e. The minimum atomic E-state index is -2.96. The molecule has 26 heavy (non-hydrogen) atoms. The molecule has 3 rings (SSSR count). The number of para-hydroxylation sites is 1. The van der Waals surface area contributed by atoms with Gasteiger partial charge in [-0.3, -0.25) is 4.79 Å². The Kier molecular flexibility index (Phi) is 5.18. The van der Waals surface area contributed by atoms with E-state index in [1.54, 1.807) is 6.20 Å². The largest absolute Gasteiger partial charge is 0.349 e. The Morgan fingerprint density at radius 1 is 1.23 bits per heavy atom. The van der Waals surface area contributed by atoms with Crippen LogP contribution >= 0.6 is 0 Å². The molecule has 0 bridgehead atoms. The van der Waals surface area contributed by atoms with Crippen LogP contribution in [-0.2, 0) is 14.6 Å². The van der Waals surface area contributed by atoms with Crippen molar-refractivity contribution in [3.8, 4) is 5.69 Å². The van der Waals surface area contributed by atoms with Crippen molar-refractivity contribution in [1.82, 2.24) is 15.1 Å². The first-order valence-electron chi connectivity index (χ1n) is 8.90. The van der Waals surface area contributed by atoms with Gasteiger partial charge in [0.05, 0.1) is 29.4 Å². The summed E-state index contributed by atoms with van der Waals surface area (Å²) in [5.74, 6) is -0.101. The van der Waals surface area contributed by atoms with E-state index < -0.39 is 9.84 Å². The Balaban J connectivity index is 1.72. The second kappa shape index (κ2) is 7.23. The molecule has 1 N–H and O–H groups in total. The van der Waals surface area contributed by atoms with Crippen LogP contribution in [0, 0.1) is 19.8 Å². The van der Waals surface area contributed by atoms with Gasteiger partial charge in [-0.2, -0.15) is 5.10 Å². The lowest BCUT2D eigenvalue weighted by atomic mass is 10.0. The quantitative estimate of drug-likeness (QED) is 0.890. The standard InChI is InChI=1S/C19H25N3O3S/c1-13-6-4-5-7-18(13)22-15(3)17(12-20-22)14(2)21-19(23)16-8-10-26(24,25)11-9-16/h4-7,12,14,16H,8-11H2,1-3H3,(H,21,23)/t14-/m1/s1. The Morgan fingerprint density at radius 2 is 1.88 bits per heavy atom. The lowest BCUT2D eigenvalue weighted by Crippen LogP contribution is -2.37. The van der Waals surface area contributed by atoms with Gasteiger partial charge in [0.2, 0.25) is 5.91 Å². The van der Waals surface area contributed by atoms with Crippen molar-refractivity contribution >= 4 is 15.7 Å². The average Bonchev–Trinajstić information content (AvgIpc) is 2.96. The van der Waals surface area contributed by atoms with Gasteiger partial charge in [0.25, 0.3) is 0 Å². The number of benzene rings is 1. The molecule has 0 aliphatic carbocycles. The zero-order valence-corrected chi connectivity index (χ0v) is 16.2. The normalized spacial score (nSPS) is 18.4. The molecule has 0 saturated carbocycles. The van der Waals surface area contributed by atoms with E-state index in [9.17, 15) is 13.2 Å². The van der Waals surface area contributed by atoms with E-state index in [1.807, 2.05) is 49.7 Å². The SMILES string of the molecule is Cc1ccccc1-n1ncc([C@@H](C)NC(=O)C2CCS(=O)(=O)CC2)c1C. The summed E-state index contributed by atoms with van der Waals surface area (Å²) in [5.41, 5.74) is 4.10. The minimum absolute atomic E-state index is 0.0737. The van der Waals surface area contributed by atoms with Gasteiger partial charge in [0.1, 0.15) is 9.84 Å². The molecule has 140 valence electrons. The third kappa shape index (κ3) is 3.82. The van der Waals surface area contributed by atoms with Gasteiger partial charge in [-0.15, -0.1) is 0 Å². The highest BCUT2D eigenvalue weighted by Gasteiger charge is 2.29. The predicted molar refractivity (Wildman–Crippen MR) is 101 cm³/mol. The predicted octanol–water partition coefficient (Wildman–Crippen LogP) is 2.49. The maximum Gasteiger partial charge on any atom is 0.223 e. The van der Waals surface area contributed by atoms with Crippen LogP contribution in [0.1, 0.15) is 42.6 Å². The fourth-order valence-electron chi connectivity index (χ4n) is 3.45. The van der Waals surface area contributed by atoms with Crippen LogP contribution in [-0.4, -0.2) is 35.6 Å². The molecular weight excluding hydrogens is 350 g/mol. The molecule has 0 spiro atoms. The van der Waals surface area contributed by atoms with Gasteiger partial charge in [-0.05, 0) is 45.2 Å². The molecule has 1 fully saturated rings. The summed E-state index contributed by atoms with van der Waals surface area (Å²) >= 11 is 0. The third-order valence-corrected chi connectivity index (χ3v) is 6.86. The summed E-state index contributed by atoms with van der Waals surface area (Å²) in [4.78, 5) is 12.5. The van der Waals surface area contributed by atoms with Gasteiger partial charge in [0.15, 0.2) is 0 Å². The first kappa shape index (κ1) is 18.6. The number of aryl methyl sites for hydroxylation is 1. The van der Waals surface area contributed by atoms with Crippen molar-refractivity contribution in [3.63, 3.8) is 0 Å². The number of rotatable bonds is 4. The molecule has 2 heterocycles. The number of sulfone groups is 1. The number of nitrogens with zero attached hydrogens (tertiary/aromatic N) is 2. The molecule has 1 aromatic carbocycles. The zero-order chi connectivity index (χ0) is 18.9. The number of hydrogen-bond donors (Lipinski definition) is 1. The number of carbonyl (C=O) groups excluding carboxylic acids is 1. The van der Waals surface area contributed by atoms with Gasteiger partial charge in [-0.25, -0.2) is 13.1 Å². The molecule has 1 atom stereocenters. The summed E-state index contributed by atoms with van der Waals surface area (Å²) in [6.45, 7) is 5.97. The van der Waals surface area contributed by atoms with Crippen LogP contribution in [0.4, 0.5) is 0 Å². The Bertz CT molecular complexity index is 904. The summed E-state index contributed by atoms with van der Waals surface area (Å²) in [6, 6.07) is 7.85. The van der Waals surface area contributed by atoms with Crippen LogP contribution in [0.25, 0.3) is 5.69 Å². The van der Waals surface area contributed by atoms with E-state index in [4.69, 9.17) is 0 Å². The minimum Gasteiger partial charge on any atom is -0.349 e. The van der Waals surface area contributed by atoms with Crippen LogP contribution < -0.4 is 5.32 Å². The van der Waals surface area contributed by atoms with E-state index in [1.165, 1.54) is 0 Å². The van der Waals surface area contributed by atoms with Gasteiger partial charge >= 0.3 is 0 Å². The number of amides is 1. The van der Waals surface area contributed by atoms with Crippen LogP contribution in [0.2, 0.25) is 0 Å². The molecule has 1 aliphatic heterocycles. The molecule has 7 heteroatoms. The first-order valence-corrected chi connectivity index (χ1v) is 10.7. The maximum atomic E-state index is 12.5. The average molecular weight is 375 g/mol. The molecular formula is C19H25N3O3S. The molecule has 1 aromatic heterocycles. The van der Waals surface area contributed by atoms with Crippen molar-refractivity contribution in [2.45, 2.75) is 39.7 Å². The molecule has 6 nitrogen and oxygen atoms in total. The van der Waals surface area contributed by atoms with Crippen LogP contribution in [0.15, 0.2) is 30.5 Å². The third-order valence-electron chi connectivity index (χ3n) is 5.14. The second-order valence-corrected chi connectivity index (χ2v) is 9.34. The Hall–Kier alpha value is -2.15. The van der Waals surface area contributed by atoms with Crippen molar-refractivity contribution in [2.75, 3.05) is 11.5 Å². The van der Waals surface area contributed by atoms with Crippen molar-refractivity contribution < 1.29 is 13.2 Å². The molecule has 0 unspecified atom stereocenters. The molecule has 1 aliphatic rings. The topological polar surface area (TPSA) is 81.1 Å². The van der Waals surface area contributed by atoms with Crippen molar-refractivity contribution in [1.29, 1.82) is 0 Å². The number of aromatic nitrogens is 2. The van der Waals surface area contributed by atoms with Crippen LogP contribution in [0.3, 0.4) is 0 Å². The Labute approximate surface area is 154 Å². The Morgan fingerprint density at radius 3 is 2.54 bits per heavy atom. The zero-order valence-electron chi connectivity index (χ0n) is 15.4. The fourth-order valence-corrected chi connectivity index (χ4v) is 4.94. The lowest BCUT2D eigenvalue weighted by Gasteiger charge is -2.23. The van der Waals surface area contributed by atoms with Crippen molar-refractivity contribution in [3.05, 3.63) is 47.3 Å². The van der Waals surface area contributed by atoms with Crippen molar-refractivity contribution in [2.24, 2.45) is 5.92 Å². The van der Waals surface area contributed by atoms with E-state index in [0.717, 1.165) is 22.5 Å². The van der Waals surface area contributed by atoms with E-state index in [0.29, 0.717) is 12.8 Å². The number of nitrogens with one attached hydrogen (secondary N) is 1. The summed E-state index contributed by atoms with van der Waals surface area (Å²) in [6.07, 6.45) is 2.60. The maximum absolute atomic E-state index is 12.5. The molecule has 1 amide bonds. The molecule has 0 radical (unpaired) electrons. The fraction of sp³-hybridized carbons (Fsp3) is 0.474. The lowest BCUT2D eigenvalue weighted by molar-refractivity contribution is -0.125. The van der Waals surface area contributed by atoms with Gasteiger partial charge in [-0.1, -0.05) is 18.2 Å². The summed E-state index contributed by atoms with van der Waals surface area (Å²) in [5, 5.41) is 7.52. The number of hydrogen-bond acceptors (Lipinski definition) is 4. The van der Waals surface area contributed by atoms with Gasteiger partial charge < -0.3 is 5.32 Å². The monoisotopic (exact) mass is 375 g/mol.